The Hall–Kier alpha value is -1.55. The number of para-hydroxylation sites is 1. The maximum absolute atomic E-state index is 11.2. The van der Waals surface area contributed by atoms with E-state index in [4.69, 9.17) is 5.73 Å². The first-order valence-corrected chi connectivity index (χ1v) is 5.13. The van der Waals surface area contributed by atoms with Gasteiger partial charge >= 0.3 is 6.03 Å². The molecular weight excluding hydrogens is 204 g/mol. The summed E-state index contributed by atoms with van der Waals surface area (Å²) in [6.07, 6.45) is 0. The van der Waals surface area contributed by atoms with Gasteiger partial charge in [-0.25, -0.2) is 4.79 Å². The number of amides is 2. The van der Waals surface area contributed by atoms with Crippen molar-refractivity contribution in [3.8, 4) is 0 Å². The van der Waals surface area contributed by atoms with E-state index in [9.17, 15) is 9.90 Å². The molecule has 0 bridgehead atoms. The largest absolute Gasteiger partial charge is 0.395 e. The monoisotopic (exact) mass is 222 g/mol. The minimum Gasteiger partial charge on any atom is -0.395 e. The number of primary amides is 1. The number of anilines is 1. The molecule has 2 amide bonds. The SMILES string of the molecule is CN(C(N)=O)c1ccccc1C(C)(C)CO. The Bertz CT molecular complexity index is 388. The molecule has 0 heterocycles. The van der Waals surface area contributed by atoms with Crippen molar-refractivity contribution < 1.29 is 9.90 Å². The molecule has 1 aromatic rings. The van der Waals surface area contributed by atoms with Crippen molar-refractivity contribution in [3.05, 3.63) is 29.8 Å². The number of rotatable bonds is 3. The van der Waals surface area contributed by atoms with Crippen molar-refractivity contribution in [1.29, 1.82) is 0 Å². The molecule has 0 saturated heterocycles. The van der Waals surface area contributed by atoms with Crippen LogP contribution in [-0.2, 0) is 5.41 Å². The third kappa shape index (κ3) is 2.33. The molecule has 0 aliphatic rings. The maximum atomic E-state index is 11.2. The summed E-state index contributed by atoms with van der Waals surface area (Å²) >= 11 is 0. The van der Waals surface area contributed by atoms with Gasteiger partial charge in [-0.15, -0.1) is 0 Å². The minimum atomic E-state index is -0.513. The topological polar surface area (TPSA) is 66.6 Å². The third-order valence-corrected chi connectivity index (χ3v) is 2.72. The molecule has 4 nitrogen and oxygen atoms in total. The van der Waals surface area contributed by atoms with Gasteiger partial charge in [-0.05, 0) is 11.6 Å². The molecule has 0 aliphatic carbocycles. The number of benzene rings is 1. The number of hydrogen-bond acceptors (Lipinski definition) is 2. The van der Waals surface area contributed by atoms with Gasteiger partial charge in [0.25, 0.3) is 0 Å². The molecule has 0 radical (unpaired) electrons. The highest BCUT2D eigenvalue weighted by molar-refractivity contribution is 5.91. The predicted molar refractivity (Wildman–Crippen MR) is 64.5 cm³/mol. The van der Waals surface area contributed by atoms with Crippen LogP contribution in [0.15, 0.2) is 24.3 Å². The minimum absolute atomic E-state index is 0.0105. The van der Waals surface area contributed by atoms with Crippen molar-refractivity contribution in [2.75, 3.05) is 18.6 Å². The number of aliphatic hydroxyl groups is 1. The summed E-state index contributed by atoms with van der Waals surface area (Å²) in [6, 6.07) is 6.92. The smallest absolute Gasteiger partial charge is 0.319 e. The molecular formula is C12H18N2O2. The molecule has 0 aromatic heterocycles. The molecule has 0 fully saturated rings. The van der Waals surface area contributed by atoms with Gasteiger partial charge in [-0.3, -0.25) is 4.90 Å². The molecule has 3 N–H and O–H groups in total. The summed E-state index contributed by atoms with van der Waals surface area (Å²) in [4.78, 5) is 12.5. The Balaban J connectivity index is 3.25. The van der Waals surface area contributed by atoms with Crippen LogP contribution in [0.25, 0.3) is 0 Å². The first-order valence-electron chi connectivity index (χ1n) is 5.13. The molecule has 88 valence electrons. The summed E-state index contributed by atoms with van der Waals surface area (Å²) in [6.45, 7) is 3.85. The number of urea groups is 1. The van der Waals surface area contributed by atoms with E-state index >= 15 is 0 Å². The van der Waals surface area contributed by atoms with Crippen LogP contribution in [0.2, 0.25) is 0 Å². The zero-order valence-electron chi connectivity index (χ0n) is 9.90. The fourth-order valence-electron chi connectivity index (χ4n) is 1.54. The van der Waals surface area contributed by atoms with Crippen LogP contribution in [0.5, 0.6) is 0 Å². The number of carbonyl (C=O) groups excluding carboxylic acids is 1. The van der Waals surface area contributed by atoms with Gasteiger partial charge in [0.15, 0.2) is 0 Å². The van der Waals surface area contributed by atoms with Crippen molar-refractivity contribution in [2.45, 2.75) is 19.3 Å². The van der Waals surface area contributed by atoms with E-state index < -0.39 is 11.4 Å². The molecule has 0 spiro atoms. The average molecular weight is 222 g/mol. The Morgan fingerprint density at radius 3 is 2.50 bits per heavy atom. The summed E-state index contributed by atoms with van der Waals surface area (Å²) < 4.78 is 0. The second kappa shape index (κ2) is 4.53. The van der Waals surface area contributed by atoms with Gasteiger partial charge in [0.05, 0.1) is 6.61 Å². The van der Waals surface area contributed by atoms with Gasteiger partial charge in [0.2, 0.25) is 0 Å². The van der Waals surface area contributed by atoms with E-state index in [1.165, 1.54) is 4.90 Å². The first kappa shape index (κ1) is 12.5. The highest BCUT2D eigenvalue weighted by atomic mass is 16.3. The van der Waals surface area contributed by atoms with E-state index in [1.807, 2.05) is 38.1 Å². The first-order chi connectivity index (χ1) is 7.40. The summed E-state index contributed by atoms with van der Waals surface area (Å²) in [5, 5.41) is 9.36. The van der Waals surface area contributed by atoms with Crippen LogP contribution in [0.3, 0.4) is 0 Å². The van der Waals surface area contributed by atoms with Gasteiger partial charge in [-0.2, -0.15) is 0 Å². The van der Waals surface area contributed by atoms with Gasteiger partial charge in [0.1, 0.15) is 0 Å². The van der Waals surface area contributed by atoms with Gasteiger partial charge in [-0.1, -0.05) is 32.0 Å². The Labute approximate surface area is 95.7 Å². The summed E-state index contributed by atoms with van der Waals surface area (Å²) in [5.74, 6) is 0. The van der Waals surface area contributed by atoms with Gasteiger partial charge in [0, 0.05) is 18.2 Å². The van der Waals surface area contributed by atoms with Crippen LogP contribution in [-0.4, -0.2) is 24.8 Å². The quantitative estimate of drug-likeness (QED) is 0.813. The Morgan fingerprint density at radius 2 is 2.00 bits per heavy atom. The van der Waals surface area contributed by atoms with E-state index in [-0.39, 0.29) is 6.61 Å². The fraction of sp³-hybridized carbons (Fsp3) is 0.417. The average Bonchev–Trinajstić information content (AvgIpc) is 2.28. The van der Waals surface area contributed by atoms with E-state index in [0.717, 1.165) is 11.3 Å². The van der Waals surface area contributed by atoms with Crippen molar-refractivity contribution in [1.82, 2.24) is 0 Å². The number of nitrogens with zero attached hydrogens (tertiary/aromatic N) is 1. The lowest BCUT2D eigenvalue weighted by atomic mass is 9.84. The summed E-state index contributed by atoms with van der Waals surface area (Å²) in [5.41, 5.74) is 6.48. The van der Waals surface area contributed by atoms with Crippen LogP contribution in [0.1, 0.15) is 19.4 Å². The number of nitrogens with two attached hydrogens (primary N) is 1. The zero-order valence-corrected chi connectivity index (χ0v) is 9.90. The second-order valence-electron chi connectivity index (χ2n) is 4.46. The van der Waals surface area contributed by atoms with E-state index in [2.05, 4.69) is 0 Å². The molecule has 0 atom stereocenters. The molecule has 0 aliphatic heterocycles. The van der Waals surface area contributed by atoms with Crippen molar-refractivity contribution in [3.63, 3.8) is 0 Å². The fourth-order valence-corrected chi connectivity index (χ4v) is 1.54. The van der Waals surface area contributed by atoms with Gasteiger partial charge < -0.3 is 10.8 Å². The lowest BCUT2D eigenvalue weighted by Gasteiger charge is -2.28. The maximum Gasteiger partial charge on any atom is 0.319 e. The number of hydrogen-bond donors (Lipinski definition) is 2. The highest BCUT2D eigenvalue weighted by Gasteiger charge is 2.24. The van der Waals surface area contributed by atoms with Crippen LogP contribution in [0.4, 0.5) is 10.5 Å². The Morgan fingerprint density at radius 1 is 1.44 bits per heavy atom. The predicted octanol–water partition coefficient (Wildman–Crippen LogP) is 1.47. The van der Waals surface area contributed by atoms with Crippen LogP contribution >= 0.6 is 0 Å². The Kier molecular flexibility index (Phi) is 3.55. The van der Waals surface area contributed by atoms with Crippen molar-refractivity contribution in [2.24, 2.45) is 5.73 Å². The zero-order chi connectivity index (χ0) is 12.3. The van der Waals surface area contributed by atoms with Crippen LogP contribution in [0, 0.1) is 0 Å². The third-order valence-electron chi connectivity index (χ3n) is 2.72. The molecule has 16 heavy (non-hydrogen) atoms. The standard InChI is InChI=1S/C12H18N2O2/c1-12(2,8-15)9-6-4-5-7-10(9)14(3)11(13)16/h4-7,15H,8H2,1-3H3,(H2,13,16). The molecule has 0 saturated carbocycles. The highest BCUT2D eigenvalue weighted by Crippen LogP contribution is 2.31. The normalized spacial score (nSPS) is 11.2. The second-order valence-corrected chi connectivity index (χ2v) is 4.46. The van der Waals surface area contributed by atoms with Crippen molar-refractivity contribution >= 4 is 11.7 Å². The molecule has 0 unspecified atom stereocenters. The lowest BCUT2D eigenvalue weighted by molar-refractivity contribution is 0.218. The van der Waals surface area contributed by atoms with E-state index in [0.29, 0.717) is 0 Å². The number of carbonyl (C=O) groups is 1. The summed E-state index contributed by atoms with van der Waals surface area (Å²) in [7, 11) is 1.62. The molecule has 1 rings (SSSR count). The molecule has 4 heteroatoms. The van der Waals surface area contributed by atoms with Crippen LogP contribution < -0.4 is 10.6 Å². The molecule has 1 aromatic carbocycles. The number of aliphatic hydroxyl groups excluding tert-OH is 1. The van der Waals surface area contributed by atoms with E-state index in [1.54, 1.807) is 7.05 Å². The lowest BCUT2D eigenvalue weighted by Crippen LogP contribution is -2.34.